The maximum absolute atomic E-state index is 9.92. The summed E-state index contributed by atoms with van der Waals surface area (Å²) in [5.74, 6) is 0.671. The van der Waals surface area contributed by atoms with Crippen LogP contribution in [0.15, 0.2) is 0 Å². The lowest BCUT2D eigenvalue weighted by molar-refractivity contribution is 0.0610. The largest absolute Gasteiger partial charge is 0.394 e. The van der Waals surface area contributed by atoms with Crippen LogP contribution in [0.25, 0.3) is 0 Å². The first-order chi connectivity index (χ1) is 8.55. The molecule has 2 aliphatic rings. The second-order valence-corrected chi connectivity index (χ2v) is 6.47. The molecule has 0 spiro atoms. The van der Waals surface area contributed by atoms with Crippen LogP contribution in [0.4, 0.5) is 0 Å². The van der Waals surface area contributed by atoms with Crippen molar-refractivity contribution in [2.45, 2.75) is 38.3 Å². The molecule has 2 rings (SSSR count). The highest BCUT2D eigenvalue weighted by Crippen LogP contribution is 2.40. The normalized spacial score (nSPS) is 26.5. The maximum atomic E-state index is 9.92. The molecule has 4 nitrogen and oxygen atoms in total. The topological polar surface area (TPSA) is 38.7 Å². The molecule has 4 heteroatoms. The molecule has 1 atom stereocenters. The van der Waals surface area contributed by atoms with Crippen molar-refractivity contribution in [1.82, 2.24) is 15.1 Å². The van der Waals surface area contributed by atoms with E-state index in [1.54, 1.807) is 0 Å². The van der Waals surface area contributed by atoms with Crippen LogP contribution in [0.2, 0.25) is 0 Å². The standard InChI is InChI=1S/C14H29N3O/c1-12(2)15-14(11-18,13-4-5-13)10-17-8-6-16(3)7-9-17/h12-13,15,18H,4-11H2,1-3H3. The van der Waals surface area contributed by atoms with Crippen LogP contribution in [-0.4, -0.2) is 72.9 Å². The summed E-state index contributed by atoms with van der Waals surface area (Å²) < 4.78 is 0. The zero-order chi connectivity index (χ0) is 13.2. The molecule has 1 unspecified atom stereocenters. The summed E-state index contributed by atoms with van der Waals surface area (Å²) in [4.78, 5) is 4.90. The number of piperazine rings is 1. The summed E-state index contributed by atoms with van der Waals surface area (Å²) in [6, 6.07) is 0.435. The molecular formula is C14H29N3O. The van der Waals surface area contributed by atoms with E-state index in [1.807, 2.05) is 0 Å². The van der Waals surface area contributed by atoms with Gasteiger partial charge in [-0.05, 0) is 25.8 Å². The Morgan fingerprint density at radius 3 is 2.28 bits per heavy atom. The Hall–Kier alpha value is -0.160. The number of nitrogens with zero attached hydrogens (tertiary/aromatic N) is 2. The number of likely N-dealkylation sites (N-methyl/N-ethyl adjacent to an activating group) is 1. The lowest BCUT2D eigenvalue weighted by Crippen LogP contribution is -2.61. The second-order valence-electron chi connectivity index (χ2n) is 6.47. The van der Waals surface area contributed by atoms with Crippen molar-refractivity contribution in [2.75, 3.05) is 46.4 Å². The predicted octanol–water partition coefficient (Wildman–Crippen LogP) is 0.373. The number of nitrogens with one attached hydrogen (secondary N) is 1. The fourth-order valence-corrected chi connectivity index (χ4v) is 3.13. The van der Waals surface area contributed by atoms with Gasteiger partial charge in [0.15, 0.2) is 0 Å². The Balaban J connectivity index is 1.96. The Morgan fingerprint density at radius 2 is 1.83 bits per heavy atom. The molecule has 0 aromatic rings. The Kier molecular flexibility index (Phi) is 4.64. The third-order valence-corrected chi connectivity index (χ3v) is 4.32. The first-order valence-electron chi connectivity index (χ1n) is 7.35. The second kappa shape index (κ2) is 5.87. The monoisotopic (exact) mass is 255 g/mol. The first kappa shape index (κ1) is 14.3. The highest BCUT2D eigenvalue weighted by molar-refractivity contribution is 5.03. The third-order valence-electron chi connectivity index (χ3n) is 4.32. The van der Waals surface area contributed by atoms with Crippen molar-refractivity contribution in [2.24, 2.45) is 5.92 Å². The van der Waals surface area contributed by atoms with Gasteiger partial charge >= 0.3 is 0 Å². The van der Waals surface area contributed by atoms with Crippen LogP contribution >= 0.6 is 0 Å². The fraction of sp³-hybridized carbons (Fsp3) is 1.00. The predicted molar refractivity (Wildman–Crippen MR) is 74.7 cm³/mol. The van der Waals surface area contributed by atoms with E-state index in [-0.39, 0.29) is 12.1 Å². The van der Waals surface area contributed by atoms with E-state index in [4.69, 9.17) is 0 Å². The van der Waals surface area contributed by atoms with Crippen molar-refractivity contribution in [3.05, 3.63) is 0 Å². The van der Waals surface area contributed by atoms with Crippen molar-refractivity contribution < 1.29 is 5.11 Å². The van der Waals surface area contributed by atoms with Crippen molar-refractivity contribution in [1.29, 1.82) is 0 Å². The van der Waals surface area contributed by atoms with Gasteiger partial charge in [0.25, 0.3) is 0 Å². The van der Waals surface area contributed by atoms with E-state index in [0.717, 1.165) is 32.7 Å². The minimum absolute atomic E-state index is 0.0654. The maximum Gasteiger partial charge on any atom is 0.0628 e. The van der Waals surface area contributed by atoms with Crippen LogP contribution < -0.4 is 5.32 Å². The molecule has 106 valence electrons. The summed E-state index contributed by atoms with van der Waals surface area (Å²) in [5.41, 5.74) is -0.0654. The Bertz CT molecular complexity index is 260. The van der Waals surface area contributed by atoms with Gasteiger partial charge in [-0.25, -0.2) is 0 Å². The van der Waals surface area contributed by atoms with Gasteiger partial charge in [-0.3, -0.25) is 4.90 Å². The molecule has 2 fully saturated rings. The molecule has 1 saturated heterocycles. The number of hydrogen-bond acceptors (Lipinski definition) is 4. The van der Waals surface area contributed by atoms with E-state index in [1.165, 1.54) is 12.8 Å². The van der Waals surface area contributed by atoms with Crippen molar-refractivity contribution in [3.63, 3.8) is 0 Å². The number of aliphatic hydroxyl groups excluding tert-OH is 1. The summed E-state index contributed by atoms with van der Waals surface area (Å²) in [5, 5.41) is 13.6. The minimum atomic E-state index is -0.0654. The lowest BCUT2D eigenvalue weighted by Gasteiger charge is -2.42. The van der Waals surface area contributed by atoms with E-state index in [9.17, 15) is 5.11 Å². The molecule has 1 saturated carbocycles. The molecule has 1 aliphatic heterocycles. The summed E-state index contributed by atoms with van der Waals surface area (Å²) >= 11 is 0. The first-order valence-corrected chi connectivity index (χ1v) is 7.35. The molecule has 1 aliphatic carbocycles. The molecule has 0 aromatic carbocycles. The quantitative estimate of drug-likeness (QED) is 0.719. The molecular weight excluding hydrogens is 226 g/mol. The summed E-state index contributed by atoms with van der Waals surface area (Å²) in [6.07, 6.45) is 2.54. The smallest absolute Gasteiger partial charge is 0.0628 e. The molecule has 0 radical (unpaired) electrons. The van der Waals surface area contributed by atoms with Crippen LogP contribution in [-0.2, 0) is 0 Å². The van der Waals surface area contributed by atoms with Crippen LogP contribution in [0.3, 0.4) is 0 Å². The van der Waals surface area contributed by atoms with Gasteiger partial charge < -0.3 is 15.3 Å². The number of rotatable bonds is 6. The van der Waals surface area contributed by atoms with Crippen molar-refractivity contribution >= 4 is 0 Å². The van der Waals surface area contributed by atoms with Crippen LogP contribution in [0.5, 0.6) is 0 Å². The zero-order valence-corrected chi connectivity index (χ0v) is 12.2. The minimum Gasteiger partial charge on any atom is -0.394 e. The highest BCUT2D eigenvalue weighted by Gasteiger charge is 2.46. The Morgan fingerprint density at radius 1 is 1.22 bits per heavy atom. The van der Waals surface area contributed by atoms with Crippen LogP contribution in [0, 0.1) is 5.92 Å². The molecule has 0 aromatic heterocycles. The Labute approximate surface area is 111 Å². The van der Waals surface area contributed by atoms with Gasteiger partial charge in [0.2, 0.25) is 0 Å². The molecule has 1 heterocycles. The SMILES string of the molecule is CC(C)NC(CO)(CN1CCN(C)CC1)C1CC1. The van der Waals surface area contributed by atoms with E-state index >= 15 is 0 Å². The number of hydrogen-bond donors (Lipinski definition) is 2. The zero-order valence-electron chi connectivity index (χ0n) is 12.2. The van der Waals surface area contributed by atoms with Gasteiger partial charge in [-0.1, -0.05) is 13.8 Å². The molecule has 0 amide bonds. The molecule has 18 heavy (non-hydrogen) atoms. The average molecular weight is 255 g/mol. The van der Waals surface area contributed by atoms with Crippen molar-refractivity contribution in [3.8, 4) is 0 Å². The lowest BCUT2D eigenvalue weighted by atomic mass is 9.92. The third kappa shape index (κ3) is 3.44. The number of aliphatic hydroxyl groups is 1. The van der Waals surface area contributed by atoms with E-state index < -0.39 is 0 Å². The van der Waals surface area contributed by atoms with Gasteiger partial charge in [-0.15, -0.1) is 0 Å². The van der Waals surface area contributed by atoms with E-state index in [2.05, 4.69) is 36.0 Å². The van der Waals surface area contributed by atoms with Gasteiger partial charge in [0.1, 0.15) is 0 Å². The highest BCUT2D eigenvalue weighted by atomic mass is 16.3. The molecule has 2 N–H and O–H groups in total. The van der Waals surface area contributed by atoms with Gasteiger partial charge in [0.05, 0.1) is 12.1 Å². The average Bonchev–Trinajstić information content (AvgIpc) is 3.15. The fourth-order valence-electron chi connectivity index (χ4n) is 3.13. The van der Waals surface area contributed by atoms with Gasteiger partial charge in [0, 0.05) is 38.8 Å². The summed E-state index contributed by atoms with van der Waals surface area (Å²) in [6.45, 7) is 10.2. The molecule has 0 bridgehead atoms. The van der Waals surface area contributed by atoms with Gasteiger partial charge in [-0.2, -0.15) is 0 Å². The van der Waals surface area contributed by atoms with Crippen LogP contribution in [0.1, 0.15) is 26.7 Å². The van der Waals surface area contributed by atoms with E-state index in [0.29, 0.717) is 12.0 Å². The summed E-state index contributed by atoms with van der Waals surface area (Å²) in [7, 11) is 2.18.